The molecule has 0 spiro atoms. The van der Waals surface area contributed by atoms with E-state index in [1.54, 1.807) is 0 Å². The molecule has 4 heteroatoms. The second kappa shape index (κ2) is 8.47. The molecule has 0 fully saturated rings. The van der Waals surface area contributed by atoms with E-state index < -0.39 is 5.97 Å². The summed E-state index contributed by atoms with van der Waals surface area (Å²) in [6, 6.07) is 17.8. The first-order chi connectivity index (χ1) is 9.25. The maximum absolute atomic E-state index is 10.2. The molecule has 0 radical (unpaired) electrons. The fraction of sp³-hybridized carbons (Fsp3) is 0.188. The molecular formula is C16H15LiO3. The minimum Gasteiger partial charge on any atom is -0.550 e. The Morgan fingerprint density at radius 3 is 2.15 bits per heavy atom. The first kappa shape index (κ1) is 16.4. The molecule has 20 heavy (non-hydrogen) atoms. The quantitative estimate of drug-likeness (QED) is 0.509. The number of hydrogen-bond donors (Lipinski definition) is 0. The first-order valence-corrected chi connectivity index (χ1v) is 6.24. The maximum atomic E-state index is 10.2. The number of aliphatic carboxylic acids is 1. The monoisotopic (exact) mass is 262 g/mol. The fourth-order valence-electron chi connectivity index (χ4n) is 1.78. The summed E-state index contributed by atoms with van der Waals surface area (Å²) in [7, 11) is 0. The van der Waals surface area contributed by atoms with Crippen LogP contribution in [0.4, 0.5) is 0 Å². The summed E-state index contributed by atoms with van der Waals surface area (Å²) in [5.74, 6) is -0.291. The summed E-state index contributed by atoms with van der Waals surface area (Å²) in [4.78, 5) is 10.2. The zero-order valence-electron chi connectivity index (χ0n) is 11.5. The number of carboxylic acid groups (broad SMARTS) is 1. The molecule has 3 nitrogen and oxygen atoms in total. The van der Waals surface area contributed by atoms with Crippen LogP contribution in [0, 0.1) is 0 Å². The van der Waals surface area contributed by atoms with E-state index in [1.165, 1.54) is 0 Å². The van der Waals surface area contributed by atoms with E-state index in [2.05, 4.69) is 12.1 Å². The van der Waals surface area contributed by atoms with Crippen LogP contribution >= 0.6 is 0 Å². The van der Waals surface area contributed by atoms with Crippen molar-refractivity contribution >= 4 is 5.97 Å². The molecule has 0 unspecified atom stereocenters. The van der Waals surface area contributed by atoms with Gasteiger partial charge in [-0.3, -0.25) is 0 Å². The Hall–Kier alpha value is -1.69. The molecule has 0 aliphatic carbocycles. The summed E-state index contributed by atoms with van der Waals surface area (Å²) in [5, 5.41) is 10.2. The van der Waals surface area contributed by atoms with Crippen LogP contribution in [0.5, 0.6) is 5.75 Å². The van der Waals surface area contributed by atoms with Gasteiger partial charge in [0.05, 0.1) is 6.61 Å². The maximum Gasteiger partial charge on any atom is 1.00 e. The van der Waals surface area contributed by atoms with Crippen molar-refractivity contribution in [3.63, 3.8) is 0 Å². The van der Waals surface area contributed by atoms with Crippen molar-refractivity contribution in [2.24, 2.45) is 0 Å². The van der Waals surface area contributed by atoms with E-state index >= 15 is 0 Å². The van der Waals surface area contributed by atoms with E-state index in [9.17, 15) is 9.90 Å². The van der Waals surface area contributed by atoms with Crippen molar-refractivity contribution in [1.82, 2.24) is 0 Å². The summed E-state index contributed by atoms with van der Waals surface area (Å²) < 4.78 is 5.46. The molecule has 0 aliphatic rings. The topological polar surface area (TPSA) is 49.4 Å². The van der Waals surface area contributed by atoms with Gasteiger partial charge in [0.2, 0.25) is 0 Å². The SMILES string of the molecule is O=C([O-])CCCOc1ccc(-c2ccccc2)cc1.[Li+]. The number of rotatable bonds is 6. The second-order valence-electron chi connectivity index (χ2n) is 4.21. The van der Waals surface area contributed by atoms with Gasteiger partial charge in [-0.1, -0.05) is 42.5 Å². The van der Waals surface area contributed by atoms with Gasteiger partial charge in [0.15, 0.2) is 0 Å². The molecule has 0 aromatic heterocycles. The number of hydrogen-bond acceptors (Lipinski definition) is 3. The van der Waals surface area contributed by atoms with E-state index in [1.807, 2.05) is 42.5 Å². The largest absolute Gasteiger partial charge is 1.00 e. The number of ether oxygens (including phenoxy) is 1. The van der Waals surface area contributed by atoms with Crippen LogP contribution in [0.1, 0.15) is 12.8 Å². The molecule has 0 aliphatic heterocycles. The Morgan fingerprint density at radius 1 is 0.950 bits per heavy atom. The third-order valence-electron chi connectivity index (χ3n) is 2.76. The van der Waals surface area contributed by atoms with Gasteiger partial charge >= 0.3 is 18.9 Å². The Bertz CT molecular complexity index is 523. The molecule has 0 bridgehead atoms. The van der Waals surface area contributed by atoms with E-state index in [4.69, 9.17) is 4.74 Å². The molecule has 0 N–H and O–H groups in total. The Balaban J connectivity index is 0.00000200. The van der Waals surface area contributed by atoms with Crippen LogP contribution in [0.2, 0.25) is 0 Å². The molecule has 2 aromatic rings. The molecule has 0 heterocycles. The normalized spacial score (nSPS) is 9.60. The average Bonchev–Trinajstić information content (AvgIpc) is 2.45. The smallest absolute Gasteiger partial charge is 0.550 e. The molecule has 0 amide bonds. The molecule has 0 saturated heterocycles. The van der Waals surface area contributed by atoms with Crippen LogP contribution in [-0.4, -0.2) is 12.6 Å². The molecule has 0 saturated carbocycles. The summed E-state index contributed by atoms with van der Waals surface area (Å²) in [6.07, 6.45) is 0.491. The van der Waals surface area contributed by atoms with Crippen molar-refractivity contribution < 1.29 is 33.5 Å². The van der Waals surface area contributed by atoms with Gasteiger partial charge in [-0.15, -0.1) is 0 Å². The summed E-state index contributed by atoms with van der Waals surface area (Å²) in [5.41, 5.74) is 2.29. The second-order valence-corrected chi connectivity index (χ2v) is 4.21. The summed E-state index contributed by atoms with van der Waals surface area (Å²) >= 11 is 0. The minimum atomic E-state index is -1.04. The number of carboxylic acids is 1. The van der Waals surface area contributed by atoms with Crippen LogP contribution in [0.3, 0.4) is 0 Å². The van der Waals surface area contributed by atoms with Crippen molar-refractivity contribution in [3.8, 4) is 16.9 Å². The van der Waals surface area contributed by atoms with Crippen molar-refractivity contribution in [3.05, 3.63) is 54.6 Å². The molecule has 98 valence electrons. The van der Waals surface area contributed by atoms with Gasteiger partial charge < -0.3 is 14.6 Å². The predicted octanol–water partition coefficient (Wildman–Crippen LogP) is -0.734. The molecule has 2 rings (SSSR count). The fourth-order valence-corrected chi connectivity index (χ4v) is 1.78. The zero-order chi connectivity index (χ0) is 13.5. The number of carbonyl (C=O) groups is 1. The number of carbonyl (C=O) groups excluding carboxylic acids is 1. The standard InChI is InChI=1S/C16H16O3.Li/c17-16(18)7-4-12-19-15-10-8-14(9-11-15)13-5-2-1-3-6-13;/h1-3,5-6,8-11H,4,7,12H2,(H,17,18);/q;+1/p-1. The Kier molecular flexibility index (Phi) is 6.93. The average molecular weight is 262 g/mol. The first-order valence-electron chi connectivity index (χ1n) is 6.24. The molecule has 2 aromatic carbocycles. The molecular weight excluding hydrogens is 247 g/mol. The van der Waals surface area contributed by atoms with Crippen LogP contribution in [0.15, 0.2) is 54.6 Å². The van der Waals surface area contributed by atoms with Gasteiger partial charge in [-0.2, -0.15) is 0 Å². The van der Waals surface area contributed by atoms with Crippen molar-refractivity contribution in [1.29, 1.82) is 0 Å². The predicted molar refractivity (Wildman–Crippen MR) is 71.6 cm³/mol. The zero-order valence-corrected chi connectivity index (χ0v) is 11.5. The van der Waals surface area contributed by atoms with Crippen molar-refractivity contribution in [2.45, 2.75) is 12.8 Å². The summed E-state index contributed by atoms with van der Waals surface area (Å²) in [6.45, 7) is 0.388. The van der Waals surface area contributed by atoms with Gasteiger partial charge in [-0.05, 0) is 36.1 Å². The minimum absolute atomic E-state index is 0. The van der Waals surface area contributed by atoms with E-state index in [0.717, 1.165) is 16.9 Å². The van der Waals surface area contributed by atoms with Gasteiger partial charge in [-0.25, -0.2) is 0 Å². The van der Waals surface area contributed by atoms with Crippen LogP contribution in [-0.2, 0) is 4.79 Å². The van der Waals surface area contributed by atoms with E-state index in [0.29, 0.717) is 13.0 Å². The van der Waals surface area contributed by atoms with Crippen LogP contribution < -0.4 is 28.7 Å². The third kappa shape index (κ3) is 5.12. The van der Waals surface area contributed by atoms with Gasteiger partial charge in [0, 0.05) is 5.97 Å². The Morgan fingerprint density at radius 2 is 1.55 bits per heavy atom. The van der Waals surface area contributed by atoms with Gasteiger partial charge in [0.25, 0.3) is 0 Å². The van der Waals surface area contributed by atoms with E-state index in [-0.39, 0.29) is 25.3 Å². The van der Waals surface area contributed by atoms with Gasteiger partial charge in [0.1, 0.15) is 5.75 Å². The van der Waals surface area contributed by atoms with Crippen LogP contribution in [0.25, 0.3) is 11.1 Å². The molecule has 0 atom stereocenters. The third-order valence-corrected chi connectivity index (χ3v) is 2.76. The Labute approximate surface area is 130 Å². The van der Waals surface area contributed by atoms with Crippen molar-refractivity contribution in [2.75, 3.05) is 6.61 Å². The number of benzene rings is 2.